The van der Waals surface area contributed by atoms with Crippen molar-refractivity contribution >= 4 is 17.9 Å². The molecule has 0 fully saturated rings. The molecule has 0 bridgehead atoms. The molecule has 3 atom stereocenters. The Labute approximate surface area is 104 Å². The molecular weight excluding hydrogens is 246 g/mol. The number of esters is 3. The predicted molar refractivity (Wildman–Crippen MR) is 57.9 cm³/mol. The van der Waals surface area contributed by atoms with Crippen LogP contribution in [-0.4, -0.2) is 48.1 Å². The molecule has 0 saturated heterocycles. The van der Waals surface area contributed by atoms with E-state index in [1.807, 2.05) is 0 Å². The number of aliphatic hydroxyl groups excluding tert-OH is 1. The Hall–Kier alpha value is -1.67. The zero-order valence-corrected chi connectivity index (χ0v) is 10.4. The third kappa shape index (κ3) is 6.81. The van der Waals surface area contributed by atoms with E-state index in [-0.39, 0.29) is 0 Å². The summed E-state index contributed by atoms with van der Waals surface area (Å²) in [7, 11) is 0. The fourth-order valence-corrected chi connectivity index (χ4v) is 1.11. The summed E-state index contributed by atoms with van der Waals surface area (Å²) in [5.74, 6) is -2.03. The van der Waals surface area contributed by atoms with Crippen LogP contribution in [-0.2, 0) is 28.6 Å². The fraction of sp³-hybridized carbons (Fsp3) is 0.700. The zero-order chi connectivity index (χ0) is 14.3. The van der Waals surface area contributed by atoms with Crippen molar-refractivity contribution in [2.24, 2.45) is 5.73 Å². The topological polar surface area (TPSA) is 125 Å². The van der Waals surface area contributed by atoms with Crippen LogP contribution in [0, 0.1) is 0 Å². The van der Waals surface area contributed by atoms with Gasteiger partial charge in [0.15, 0.2) is 12.3 Å². The zero-order valence-electron chi connectivity index (χ0n) is 10.4. The fourth-order valence-electron chi connectivity index (χ4n) is 1.11. The van der Waals surface area contributed by atoms with E-state index >= 15 is 0 Å². The van der Waals surface area contributed by atoms with Crippen molar-refractivity contribution in [1.29, 1.82) is 0 Å². The molecule has 18 heavy (non-hydrogen) atoms. The molecule has 104 valence electrons. The van der Waals surface area contributed by atoms with E-state index in [0.29, 0.717) is 0 Å². The van der Waals surface area contributed by atoms with E-state index < -0.39 is 43.0 Å². The van der Waals surface area contributed by atoms with Crippen molar-refractivity contribution in [3.63, 3.8) is 0 Å². The van der Waals surface area contributed by atoms with Gasteiger partial charge in [0.05, 0.1) is 0 Å². The molecule has 8 heteroatoms. The minimum Gasteiger partial charge on any atom is -0.463 e. The van der Waals surface area contributed by atoms with Crippen molar-refractivity contribution in [1.82, 2.24) is 0 Å². The SMILES string of the molecule is CC(=O)OCC(O)C(OC(C)=O)C(N)OC(C)=O. The smallest absolute Gasteiger partial charge is 0.304 e. The van der Waals surface area contributed by atoms with Gasteiger partial charge in [0.1, 0.15) is 12.7 Å². The normalized spacial score (nSPS) is 15.2. The highest BCUT2D eigenvalue weighted by Crippen LogP contribution is 2.07. The second-order valence-electron chi connectivity index (χ2n) is 3.52. The Morgan fingerprint density at radius 2 is 1.56 bits per heavy atom. The maximum absolute atomic E-state index is 10.8. The van der Waals surface area contributed by atoms with Gasteiger partial charge in [0, 0.05) is 20.8 Å². The average molecular weight is 263 g/mol. The maximum Gasteiger partial charge on any atom is 0.304 e. The number of carbonyl (C=O) groups is 3. The van der Waals surface area contributed by atoms with Gasteiger partial charge >= 0.3 is 17.9 Å². The lowest BCUT2D eigenvalue weighted by Gasteiger charge is -2.26. The van der Waals surface area contributed by atoms with Crippen LogP contribution in [0.25, 0.3) is 0 Å². The van der Waals surface area contributed by atoms with E-state index in [0.717, 1.165) is 20.8 Å². The van der Waals surface area contributed by atoms with Crippen LogP contribution in [0.3, 0.4) is 0 Å². The molecule has 0 aromatic rings. The van der Waals surface area contributed by atoms with Crippen molar-refractivity contribution in [2.45, 2.75) is 39.2 Å². The number of ether oxygens (including phenoxy) is 3. The first kappa shape index (κ1) is 16.3. The third-order valence-corrected chi connectivity index (χ3v) is 1.76. The van der Waals surface area contributed by atoms with Gasteiger partial charge in [0.25, 0.3) is 0 Å². The first-order valence-electron chi connectivity index (χ1n) is 5.15. The van der Waals surface area contributed by atoms with Gasteiger partial charge in [-0.3, -0.25) is 20.1 Å². The van der Waals surface area contributed by atoms with Crippen LogP contribution in [0.2, 0.25) is 0 Å². The second-order valence-corrected chi connectivity index (χ2v) is 3.52. The summed E-state index contributed by atoms with van der Waals surface area (Å²) >= 11 is 0. The van der Waals surface area contributed by atoms with Crippen LogP contribution in [0.4, 0.5) is 0 Å². The summed E-state index contributed by atoms with van der Waals surface area (Å²) in [6.07, 6.45) is -4.06. The monoisotopic (exact) mass is 263 g/mol. The van der Waals surface area contributed by atoms with Crippen molar-refractivity contribution in [2.75, 3.05) is 6.61 Å². The Bertz CT molecular complexity index is 317. The standard InChI is InChI=1S/C10H17NO7/c1-5(12)16-4-8(15)9(17-6(2)13)10(11)18-7(3)14/h8-10,15H,4,11H2,1-3H3. The van der Waals surface area contributed by atoms with Crippen LogP contribution in [0.15, 0.2) is 0 Å². The highest BCUT2D eigenvalue weighted by atomic mass is 16.6. The molecule has 0 aromatic heterocycles. The van der Waals surface area contributed by atoms with Gasteiger partial charge in [-0.15, -0.1) is 0 Å². The van der Waals surface area contributed by atoms with E-state index in [4.69, 9.17) is 10.5 Å². The van der Waals surface area contributed by atoms with E-state index in [2.05, 4.69) is 9.47 Å². The Balaban J connectivity index is 4.58. The lowest BCUT2D eigenvalue weighted by atomic mass is 10.2. The first-order chi connectivity index (χ1) is 8.23. The number of carbonyl (C=O) groups excluding carboxylic acids is 3. The highest BCUT2D eigenvalue weighted by Gasteiger charge is 2.31. The quantitative estimate of drug-likeness (QED) is 0.344. The molecule has 0 heterocycles. The molecule has 3 N–H and O–H groups in total. The molecule has 8 nitrogen and oxygen atoms in total. The largest absolute Gasteiger partial charge is 0.463 e. The lowest BCUT2D eigenvalue weighted by molar-refractivity contribution is -0.179. The molecule has 0 rings (SSSR count). The number of aliphatic hydroxyl groups is 1. The van der Waals surface area contributed by atoms with E-state index in [1.54, 1.807) is 0 Å². The Kier molecular flexibility index (Phi) is 6.91. The Morgan fingerprint density at radius 1 is 1.06 bits per heavy atom. The van der Waals surface area contributed by atoms with Gasteiger partial charge in [-0.05, 0) is 0 Å². The predicted octanol–water partition coefficient (Wildman–Crippen LogP) is -1.31. The summed E-state index contributed by atoms with van der Waals surface area (Å²) in [4.78, 5) is 32.2. The van der Waals surface area contributed by atoms with Crippen LogP contribution < -0.4 is 5.73 Å². The summed E-state index contributed by atoms with van der Waals surface area (Å²) in [6, 6.07) is 0. The maximum atomic E-state index is 10.8. The molecule has 0 aliphatic heterocycles. The summed E-state index contributed by atoms with van der Waals surface area (Å²) in [6.45, 7) is 2.94. The van der Waals surface area contributed by atoms with Gasteiger partial charge in [-0.1, -0.05) is 0 Å². The minimum atomic E-state index is -1.40. The summed E-state index contributed by atoms with van der Waals surface area (Å²) in [5.41, 5.74) is 5.45. The van der Waals surface area contributed by atoms with Crippen LogP contribution >= 0.6 is 0 Å². The Morgan fingerprint density at radius 3 is 1.94 bits per heavy atom. The minimum absolute atomic E-state index is 0.428. The van der Waals surface area contributed by atoms with E-state index in [9.17, 15) is 19.5 Å². The molecule has 0 aliphatic carbocycles. The molecule has 3 unspecified atom stereocenters. The molecule has 0 amide bonds. The van der Waals surface area contributed by atoms with Gasteiger partial charge in [-0.25, -0.2) is 0 Å². The molecule has 0 aliphatic rings. The number of hydrogen-bond acceptors (Lipinski definition) is 8. The van der Waals surface area contributed by atoms with Crippen molar-refractivity contribution < 1.29 is 33.7 Å². The number of hydrogen-bond donors (Lipinski definition) is 2. The molecular formula is C10H17NO7. The molecule has 0 saturated carbocycles. The highest BCUT2D eigenvalue weighted by molar-refractivity contribution is 5.67. The van der Waals surface area contributed by atoms with Gasteiger partial charge < -0.3 is 19.3 Å². The average Bonchev–Trinajstić information content (AvgIpc) is 2.21. The second kappa shape index (κ2) is 7.62. The number of rotatable bonds is 6. The van der Waals surface area contributed by atoms with Gasteiger partial charge in [0.2, 0.25) is 0 Å². The van der Waals surface area contributed by atoms with E-state index in [1.165, 1.54) is 0 Å². The van der Waals surface area contributed by atoms with Crippen molar-refractivity contribution in [3.8, 4) is 0 Å². The third-order valence-electron chi connectivity index (χ3n) is 1.76. The number of nitrogens with two attached hydrogens (primary N) is 1. The van der Waals surface area contributed by atoms with Crippen LogP contribution in [0.1, 0.15) is 20.8 Å². The summed E-state index contributed by atoms with van der Waals surface area (Å²) in [5, 5.41) is 9.66. The van der Waals surface area contributed by atoms with Crippen LogP contribution in [0.5, 0.6) is 0 Å². The molecule has 0 radical (unpaired) electrons. The molecule has 0 spiro atoms. The molecule has 0 aromatic carbocycles. The first-order valence-corrected chi connectivity index (χ1v) is 5.15. The van der Waals surface area contributed by atoms with Crippen molar-refractivity contribution in [3.05, 3.63) is 0 Å². The lowest BCUT2D eigenvalue weighted by Crippen LogP contribution is -2.49. The van der Waals surface area contributed by atoms with Gasteiger partial charge in [-0.2, -0.15) is 0 Å². The summed E-state index contributed by atoms with van der Waals surface area (Å²) < 4.78 is 13.9.